The third-order valence-corrected chi connectivity index (χ3v) is 2.54. The number of hydrogen-bond donors (Lipinski definition) is 1. The zero-order valence-electron chi connectivity index (χ0n) is 10.3. The molecule has 0 saturated heterocycles. The fraction of sp³-hybridized carbons (Fsp3) is 0.143. The summed E-state index contributed by atoms with van der Waals surface area (Å²) < 4.78 is 5.68. The topological polar surface area (TPSA) is 71.9 Å². The Morgan fingerprint density at radius 2 is 2.00 bits per heavy atom. The molecule has 0 radical (unpaired) electrons. The monoisotopic (exact) mass is 239 g/mol. The van der Waals surface area contributed by atoms with E-state index in [2.05, 4.69) is 11.1 Å². The fourth-order valence-corrected chi connectivity index (χ4v) is 1.53. The zero-order valence-corrected chi connectivity index (χ0v) is 10.3. The number of aromatic nitrogens is 1. The summed E-state index contributed by atoms with van der Waals surface area (Å²) in [5.74, 6) is 0.927. The SMILES string of the molecule is Cc1ccc(C#N)c(Oc2cc(N)ccc2C)n1. The first-order chi connectivity index (χ1) is 8.60. The minimum atomic E-state index is 0.311. The van der Waals surface area contributed by atoms with Gasteiger partial charge < -0.3 is 10.5 Å². The summed E-state index contributed by atoms with van der Waals surface area (Å²) in [4.78, 5) is 4.22. The number of ether oxygens (including phenoxy) is 1. The molecule has 0 unspecified atom stereocenters. The van der Waals surface area contributed by atoms with Crippen LogP contribution in [0.2, 0.25) is 0 Å². The molecular weight excluding hydrogens is 226 g/mol. The van der Waals surface area contributed by atoms with Crippen LogP contribution in [0, 0.1) is 25.2 Å². The lowest BCUT2D eigenvalue weighted by Gasteiger charge is -2.10. The van der Waals surface area contributed by atoms with E-state index in [0.717, 1.165) is 11.3 Å². The predicted molar refractivity (Wildman–Crippen MR) is 69.4 cm³/mol. The minimum absolute atomic E-state index is 0.311. The Morgan fingerprint density at radius 3 is 2.72 bits per heavy atom. The summed E-state index contributed by atoms with van der Waals surface area (Å²) in [6.45, 7) is 3.76. The summed E-state index contributed by atoms with van der Waals surface area (Å²) in [5, 5.41) is 9.02. The Bertz CT molecular complexity index is 629. The van der Waals surface area contributed by atoms with Gasteiger partial charge in [-0.15, -0.1) is 0 Å². The molecule has 0 aliphatic rings. The smallest absolute Gasteiger partial charge is 0.237 e. The van der Waals surface area contributed by atoms with Gasteiger partial charge >= 0.3 is 0 Å². The highest BCUT2D eigenvalue weighted by molar-refractivity contribution is 5.50. The van der Waals surface area contributed by atoms with Crippen molar-refractivity contribution in [2.24, 2.45) is 0 Å². The summed E-state index contributed by atoms with van der Waals surface area (Å²) in [5.41, 5.74) is 8.47. The van der Waals surface area contributed by atoms with Crippen LogP contribution in [0.3, 0.4) is 0 Å². The van der Waals surface area contributed by atoms with Crippen LogP contribution in [0.4, 0.5) is 5.69 Å². The second-order valence-corrected chi connectivity index (χ2v) is 4.04. The summed E-state index contributed by atoms with van der Waals surface area (Å²) in [6, 6.07) is 10.9. The number of anilines is 1. The van der Waals surface area contributed by atoms with Crippen molar-refractivity contribution in [1.82, 2.24) is 4.98 Å². The van der Waals surface area contributed by atoms with Gasteiger partial charge in [0.25, 0.3) is 0 Å². The molecule has 18 heavy (non-hydrogen) atoms. The number of pyridine rings is 1. The van der Waals surface area contributed by atoms with Crippen molar-refractivity contribution in [3.63, 3.8) is 0 Å². The summed E-state index contributed by atoms with van der Waals surface area (Å²) in [7, 11) is 0. The molecule has 2 aromatic rings. The zero-order chi connectivity index (χ0) is 13.1. The van der Waals surface area contributed by atoms with E-state index in [1.54, 1.807) is 24.3 Å². The van der Waals surface area contributed by atoms with Crippen molar-refractivity contribution in [2.75, 3.05) is 5.73 Å². The molecule has 2 rings (SSSR count). The fourth-order valence-electron chi connectivity index (χ4n) is 1.53. The Balaban J connectivity index is 2.43. The molecule has 0 fully saturated rings. The standard InChI is InChI=1S/C14H13N3O/c1-9-3-6-12(16)7-13(9)18-14-11(8-15)5-4-10(2)17-14/h3-7H,16H2,1-2H3. The maximum absolute atomic E-state index is 9.02. The van der Waals surface area contributed by atoms with Gasteiger partial charge in [0.15, 0.2) is 0 Å². The first-order valence-electron chi connectivity index (χ1n) is 5.52. The molecule has 0 spiro atoms. The van der Waals surface area contributed by atoms with E-state index in [4.69, 9.17) is 15.7 Å². The highest BCUT2D eigenvalue weighted by Gasteiger charge is 2.08. The van der Waals surface area contributed by atoms with Crippen LogP contribution in [-0.2, 0) is 0 Å². The molecule has 1 aromatic carbocycles. The van der Waals surface area contributed by atoms with Crippen LogP contribution in [-0.4, -0.2) is 4.98 Å². The van der Waals surface area contributed by atoms with Gasteiger partial charge in [-0.05, 0) is 37.6 Å². The average molecular weight is 239 g/mol. The van der Waals surface area contributed by atoms with Gasteiger partial charge in [0.05, 0.1) is 0 Å². The molecule has 2 N–H and O–H groups in total. The molecule has 0 aliphatic heterocycles. The third kappa shape index (κ3) is 2.41. The van der Waals surface area contributed by atoms with Gasteiger partial charge in [0.2, 0.25) is 5.88 Å². The normalized spacial score (nSPS) is 9.83. The van der Waals surface area contributed by atoms with Gasteiger partial charge in [0.1, 0.15) is 17.4 Å². The molecule has 0 aliphatic carbocycles. The molecule has 0 amide bonds. The Kier molecular flexibility index (Phi) is 3.16. The molecule has 90 valence electrons. The third-order valence-electron chi connectivity index (χ3n) is 2.54. The van der Waals surface area contributed by atoms with Gasteiger partial charge in [-0.2, -0.15) is 5.26 Å². The largest absolute Gasteiger partial charge is 0.437 e. The van der Waals surface area contributed by atoms with Gasteiger partial charge in [-0.1, -0.05) is 6.07 Å². The average Bonchev–Trinajstić information content (AvgIpc) is 2.34. The second-order valence-electron chi connectivity index (χ2n) is 4.04. The number of nitrogen functional groups attached to an aromatic ring is 1. The van der Waals surface area contributed by atoms with Crippen LogP contribution in [0.15, 0.2) is 30.3 Å². The van der Waals surface area contributed by atoms with Crippen molar-refractivity contribution in [1.29, 1.82) is 5.26 Å². The van der Waals surface area contributed by atoms with E-state index in [0.29, 0.717) is 22.9 Å². The quantitative estimate of drug-likeness (QED) is 0.818. The lowest BCUT2D eigenvalue weighted by molar-refractivity contribution is 0.457. The molecule has 4 nitrogen and oxygen atoms in total. The van der Waals surface area contributed by atoms with Crippen molar-refractivity contribution in [3.8, 4) is 17.7 Å². The maximum Gasteiger partial charge on any atom is 0.237 e. The van der Waals surface area contributed by atoms with Crippen molar-refractivity contribution < 1.29 is 4.74 Å². The summed E-state index contributed by atoms with van der Waals surface area (Å²) >= 11 is 0. The first kappa shape index (κ1) is 11.9. The molecule has 1 aromatic heterocycles. The Morgan fingerprint density at radius 1 is 1.22 bits per heavy atom. The maximum atomic E-state index is 9.02. The van der Waals surface area contributed by atoms with Crippen LogP contribution in [0.25, 0.3) is 0 Å². The predicted octanol–water partition coefficient (Wildman–Crippen LogP) is 2.94. The highest BCUT2D eigenvalue weighted by atomic mass is 16.5. The number of nitriles is 1. The lowest BCUT2D eigenvalue weighted by Crippen LogP contribution is -1.96. The first-order valence-corrected chi connectivity index (χ1v) is 5.52. The summed E-state index contributed by atoms with van der Waals surface area (Å²) in [6.07, 6.45) is 0. The van der Waals surface area contributed by atoms with Crippen LogP contribution in [0.5, 0.6) is 11.6 Å². The molecule has 1 heterocycles. The van der Waals surface area contributed by atoms with Crippen LogP contribution >= 0.6 is 0 Å². The van der Waals surface area contributed by atoms with Crippen molar-refractivity contribution >= 4 is 5.69 Å². The van der Waals surface area contributed by atoms with Crippen LogP contribution in [0.1, 0.15) is 16.8 Å². The Labute approximate surface area is 106 Å². The number of rotatable bonds is 2. The van der Waals surface area contributed by atoms with Gasteiger partial charge in [0, 0.05) is 17.4 Å². The second kappa shape index (κ2) is 4.76. The molecule has 0 saturated carbocycles. The van der Waals surface area contributed by atoms with E-state index in [-0.39, 0.29) is 0 Å². The van der Waals surface area contributed by atoms with Crippen molar-refractivity contribution in [2.45, 2.75) is 13.8 Å². The van der Waals surface area contributed by atoms with Crippen LogP contribution < -0.4 is 10.5 Å². The minimum Gasteiger partial charge on any atom is -0.437 e. The molecule has 0 atom stereocenters. The van der Waals surface area contributed by atoms with E-state index >= 15 is 0 Å². The molecule has 4 heteroatoms. The number of nitrogens with two attached hydrogens (primary N) is 1. The van der Waals surface area contributed by atoms with Gasteiger partial charge in [-0.25, -0.2) is 4.98 Å². The molecular formula is C14H13N3O. The van der Waals surface area contributed by atoms with E-state index in [9.17, 15) is 0 Å². The van der Waals surface area contributed by atoms with E-state index in [1.807, 2.05) is 19.9 Å². The number of benzene rings is 1. The van der Waals surface area contributed by atoms with Gasteiger partial charge in [-0.3, -0.25) is 0 Å². The van der Waals surface area contributed by atoms with E-state index in [1.165, 1.54) is 0 Å². The number of hydrogen-bond acceptors (Lipinski definition) is 4. The number of nitrogens with zero attached hydrogens (tertiary/aromatic N) is 2. The van der Waals surface area contributed by atoms with E-state index < -0.39 is 0 Å². The lowest BCUT2D eigenvalue weighted by atomic mass is 10.2. The van der Waals surface area contributed by atoms with Crippen molar-refractivity contribution in [3.05, 3.63) is 47.2 Å². The Hall–Kier alpha value is -2.54. The molecule has 0 bridgehead atoms. The number of aryl methyl sites for hydroxylation is 2. The highest BCUT2D eigenvalue weighted by Crippen LogP contribution is 2.27.